The summed E-state index contributed by atoms with van der Waals surface area (Å²) in [6.45, 7) is 23.0. The molecule has 4 atom stereocenters. The first kappa shape index (κ1) is 31.9. The number of benzene rings is 2. The smallest absolute Gasteiger partial charge is 0.232 e. The quantitative estimate of drug-likeness (QED) is 0.221. The van der Waals surface area contributed by atoms with Crippen molar-refractivity contribution in [1.82, 2.24) is 4.90 Å². The molecule has 1 heterocycles. The summed E-state index contributed by atoms with van der Waals surface area (Å²) in [4.78, 5) is 29.3. The Morgan fingerprint density at radius 1 is 0.878 bits per heavy atom. The Bertz CT molecular complexity index is 1250. The topological polar surface area (TPSA) is 55.8 Å². The van der Waals surface area contributed by atoms with E-state index < -0.39 is 22.0 Å². The third-order valence-electron chi connectivity index (χ3n) is 10.5. The molecule has 2 aromatic rings. The van der Waals surface area contributed by atoms with Crippen molar-refractivity contribution in [3.63, 3.8) is 0 Å². The Labute approximate surface area is 250 Å². The van der Waals surface area contributed by atoms with Crippen LogP contribution in [0, 0.1) is 5.41 Å². The van der Waals surface area contributed by atoms with Crippen LogP contribution in [0.25, 0.3) is 0 Å². The van der Waals surface area contributed by atoms with E-state index in [9.17, 15) is 9.59 Å². The van der Waals surface area contributed by atoms with E-state index in [-0.39, 0.29) is 40.7 Å². The van der Waals surface area contributed by atoms with Crippen LogP contribution in [0.1, 0.15) is 70.7 Å². The van der Waals surface area contributed by atoms with Crippen molar-refractivity contribution in [2.75, 3.05) is 6.54 Å². The molecule has 224 valence electrons. The number of fused-ring (bicyclic) bond motifs is 1. The second-order valence-electron chi connectivity index (χ2n) is 15.3. The molecule has 2 aromatic carbocycles. The van der Waals surface area contributed by atoms with Crippen molar-refractivity contribution >= 4 is 28.8 Å². The zero-order valence-corrected chi connectivity index (χ0v) is 28.9. The standard InChI is InChI=1S/C34H51NO4Si2/c1-32(2,3)40(7,8)38-28-22-26-18-14-15-19-27(26)30(28)35-24-29(39-41(9,10)33(4,5)6)34(20-21-36,31(35)37)23-25-16-12-11-13-17-25/h11-19,21,28-30H,20,22-24H2,1-10H3/t28-,29+,30+,34-/m1/s1. The lowest BCUT2D eigenvalue weighted by Crippen LogP contribution is -2.50. The molecular formula is C34H51NO4Si2. The number of rotatable bonds is 9. The summed E-state index contributed by atoms with van der Waals surface area (Å²) in [6, 6.07) is 18.4. The molecule has 0 saturated carbocycles. The molecule has 1 amide bonds. The van der Waals surface area contributed by atoms with Crippen LogP contribution in [0.15, 0.2) is 54.6 Å². The van der Waals surface area contributed by atoms with E-state index in [2.05, 4.69) is 104 Å². The van der Waals surface area contributed by atoms with Crippen LogP contribution in [0.3, 0.4) is 0 Å². The SMILES string of the molecule is CC(C)(C)[Si](C)(C)O[C@H]1CN([C@H]2c3ccccc3C[C@H]2O[Si](C)(C)C(C)(C)C)C(=O)[C@]1(CC=O)Cc1ccccc1. The van der Waals surface area contributed by atoms with Gasteiger partial charge < -0.3 is 18.5 Å². The second-order valence-corrected chi connectivity index (χ2v) is 24.8. The number of amides is 1. The predicted molar refractivity (Wildman–Crippen MR) is 172 cm³/mol. The molecule has 41 heavy (non-hydrogen) atoms. The lowest BCUT2D eigenvalue weighted by Gasteiger charge is -2.42. The van der Waals surface area contributed by atoms with Gasteiger partial charge >= 0.3 is 0 Å². The maximum absolute atomic E-state index is 14.9. The average molecular weight is 594 g/mol. The zero-order chi connectivity index (χ0) is 30.4. The van der Waals surface area contributed by atoms with E-state index >= 15 is 0 Å². The Morgan fingerprint density at radius 2 is 1.44 bits per heavy atom. The average Bonchev–Trinajstić information content (AvgIpc) is 3.33. The minimum Gasteiger partial charge on any atom is -0.411 e. The van der Waals surface area contributed by atoms with Gasteiger partial charge in [0.2, 0.25) is 5.91 Å². The van der Waals surface area contributed by atoms with Gasteiger partial charge in [0.25, 0.3) is 0 Å². The fourth-order valence-electron chi connectivity index (χ4n) is 5.94. The molecule has 1 aliphatic heterocycles. The van der Waals surface area contributed by atoms with Crippen LogP contribution < -0.4 is 0 Å². The van der Waals surface area contributed by atoms with Crippen LogP contribution in [0.2, 0.25) is 36.3 Å². The van der Waals surface area contributed by atoms with Gasteiger partial charge in [0, 0.05) is 19.4 Å². The van der Waals surface area contributed by atoms with Crippen molar-refractivity contribution in [2.24, 2.45) is 5.41 Å². The molecule has 1 aliphatic carbocycles. The fraction of sp³-hybridized carbons (Fsp3) is 0.588. The molecule has 1 fully saturated rings. The molecule has 5 nitrogen and oxygen atoms in total. The van der Waals surface area contributed by atoms with Crippen LogP contribution in [-0.4, -0.2) is 52.5 Å². The van der Waals surface area contributed by atoms with E-state index in [4.69, 9.17) is 8.85 Å². The molecule has 1 saturated heterocycles. The Morgan fingerprint density at radius 3 is 2.02 bits per heavy atom. The monoisotopic (exact) mass is 593 g/mol. The molecule has 0 spiro atoms. The molecule has 0 radical (unpaired) electrons. The van der Waals surface area contributed by atoms with Crippen molar-refractivity contribution in [3.05, 3.63) is 71.3 Å². The van der Waals surface area contributed by atoms with Gasteiger partial charge in [-0.15, -0.1) is 0 Å². The van der Waals surface area contributed by atoms with Gasteiger partial charge in [0.05, 0.1) is 23.7 Å². The molecule has 0 N–H and O–H groups in total. The van der Waals surface area contributed by atoms with E-state index in [1.165, 1.54) is 5.56 Å². The third kappa shape index (κ3) is 6.06. The third-order valence-corrected chi connectivity index (χ3v) is 19.4. The van der Waals surface area contributed by atoms with Gasteiger partial charge in [-0.05, 0) is 59.4 Å². The summed E-state index contributed by atoms with van der Waals surface area (Å²) in [7, 11) is -4.41. The second kappa shape index (κ2) is 11.2. The summed E-state index contributed by atoms with van der Waals surface area (Å²) in [5.74, 6) is 0.0164. The molecule has 0 aromatic heterocycles. The highest BCUT2D eigenvalue weighted by atomic mass is 28.4. The van der Waals surface area contributed by atoms with Gasteiger partial charge in [-0.2, -0.15) is 0 Å². The Kier molecular flexibility index (Phi) is 8.71. The number of carbonyl (C=O) groups excluding carboxylic acids is 2. The molecular weight excluding hydrogens is 543 g/mol. The number of hydrogen-bond donors (Lipinski definition) is 0. The molecule has 0 unspecified atom stereocenters. The highest BCUT2D eigenvalue weighted by Crippen LogP contribution is 2.51. The summed E-state index contributed by atoms with van der Waals surface area (Å²) >= 11 is 0. The number of likely N-dealkylation sites (tertiary alicyclic amines) is 1. The number of carbonyl (C=O) groups is 2. The largest absolute Gasteiger partial charge is 0.411 e. The summed E-state index contributed by atoms with van der Waals surface area (Å²) in [5.41, 5.74) is 2.50. The summed E-state index contributed by atoms with van der Waals surface area (Å²) in [6.07, 6.45) is 1.81. The first-order valence-corrected chi connectivity index (χ1v) is 21.0. The van der Waals surface area contributed by atoms with E-state index in [0.717, 1.165) is 23.8 Å². The molecule has 4 rings (SSSR count). The van der Waals surface area contributed by atoms with Gasteiger partial charge in [-0.1, -0.05) is 96.1 Å². The van der Waals surface area contributed by atoms with E-state index in [1.807, 2.05) is 23.1 Å². The van der Waals surface area contributed by atoms with Crippen LogP contribution in [0.4, 0.5) is 0 Å². The Balaban J connectivity index is 1.82. The maximum atomic E-state index is 14.9. The molecule has 7 heteroatoms. The first-order valence-electron chi connectivity index (χ1n) is 15.2. The van der Waals surface area contributed by atoms with Crippen LogP contribution in [0.5, 0.6) is 0 Å². The minimum absolute atomic E-state index is 0.0164. The summed E-state index contributed by atoms with van der Waals surface area (Å²) < 4.78 is 14.2. The van der Waals surface area contributed by atoms with Crippen molar-refractivity contribution in [3.8, 4) is 0 Å². The maximum Gasteiger partial charge on any atom is 0.232 e. The normalized spacial score (nSPS) is 25.5. The zero-order valence-electron chi connectivity index (χ0n) is 26.9. The van der Waals surface area contributed by atoms with Crippen molar-refractivity contribution < 1.29 is 18.4 Å². The van der Waals surface area contributed by atoms with E-state index in [1.54, 1.807) is 0 Å². The minimum atomic E-state index is -2.27. The van der Waals surface area contributed by atoms with Gasteiger partial charge in [0.1, 0.15) is 6.29 Å². The lowest BCUT2D eigenvalue weighted by atomic mass is 9.75. The Hall–Kier alpha value is -2.07. The number of hydrogen-bond acceptors (Lipinski definition) is 4. The van der Waals surface area contributed by atoms with Gasteiger partial charge in [0.15, 0.2) is 16.6 Å². The van der Waals surface area contributed by atoms with Crippen LogP contribution >= 0.6 is 0 Å². The van der Waals surface area contributed by atoms with Crippen molar-refractivity contribution in [1.29, 1.82) is 0 Å². The fourth-order valence-corrected chi connectivity index (χ4v) is 8.63. The first-order chi connectivity index (χ1) is 18.9. The van der Waals surface area contributed by atoms with Crippen molar-refractivity contribution in [2.45, 2.75) is 115 Å². The van der Waals surface area contributed by atoms with Crippen LogP contribution in [-0.2, 0) is 31.3 Å². The van der Waals surface area contributed by atoms with E-state index in [0.29, 0.717) is 13.0 Å². The predicted octanol–water partition coefficient (Wildman–Crippen LogP) is 7.72. The molecule has 0 bridgehead atoms. The van der Waals surface area contributed by atoms with Gasteiger partial charge in [-0.3, -0.25) is 4.79 Å². The number of nitrogens with zero attached hydrogens (tertiary/aromatic N) is 1. The lowest BCUT2D eigenvalue weighted by molar-refractivity contribution is -0.142. The highest BCUT2D eigenvalue weighted by molar-refractivity contribution is 6.74. The highest BCUT2D eigenvalue weighted by Gasteiger charge is 2.60. The summed E-state index contributed by atoms with van der Waals surface area (Å²) in [5, 5.41) is 0.0149. The number of aldehydes is 1. The molecule has 2 aliphatic rings. The van der Waals surface area contributed by atoms with Gasteiger partial charge in [-0.25, -0.2) is 0 Å².